The molecule has 0 spiro atoms. The molecule has 0 aliphatic rings. The lowest BCUT2D eigenvalue weighted by Crippen LogP contribution is -2.28. The number of benzene rings is 2. The Balaban J connectivity index is 2.03. The minimum Gasteiger partial charge on any atom is -0.255 e. The van der Waals surface area contributed by atoms with Crippen LogP contribution in [-0.2, 0) is 6.54 Å². The van der Waals surface area contributed by atoms with Gasteiger partial charge in [0.1, 0.15) is 0 Å². The summed E-state index contributed by atoms with van der Waals surface area (Å²) < 4.78 is 2.51. The van der Waals surface area contributed by atoms with Gasteiger partial charge in [-0.25, -0.2) is 13.3 Å². The highest BCUT2D eigenvalue weighted by atomic mass is 35.5. The molecule has 24 heavy (non-hydrogen) atoms. The van der Waals surface area contributed by atoms with Gasteiger partial charge in [-0.05, 0) is 48.4 Å². The van der Waals surface area contributed by atoms with Crippen molar-refractivity contribution in [3.05, 3.63) is 82.7 Å². The molecular formula is C16H11Cl3N2O2S. The average Bonchev–Trinajstić information content (AvgIpc) is 2.82. The maximum absolute atomic E-state index is 12.6. The van der Waals surface area contributed by atoms with E-state index in [1.807, 2.05) is 6.92 Å². The first-order valence-corrected chi connectivity index (χ1v) is 8.81. The van der Waals surface area contributed by atoms with Crippen molar-refractivity contribution in [1.82, 2.24) is 8.52 Å². The first-order chi connectivity index (χ1) is 11.4. The summed E-state index contributed by atoms with van der Waals surface area (Å²) in [6, 6.07) is 10.2. The topological polar surface area (TPSA) is 44.0 Å². The lowest BCUT2D eigenvalue weighted by Gasteiger charge is -2.04. The number of hydrogen-bond acceptors (Lipinski definition) is 3. The largest absolute Gasteiger partial charge is 0.346 e. The van der Waals surface area contributed by atoms with E-state index in [2.05, 4.69) is 0 Å². The fourth-order valence-electron chi connectivity index (χ4n) is 2.23. The van der Waals surface area contributed by atoms with Gasteiger partial charge in [0.15, 0.2) is 0 Å². The Morgan fingerprint density at radius 2 is 1.67 bits per heavy atom. The first kappa shape index (κ1) is 17.3. The molecule has 0 radical (unpaired) electrons. The van der Waals surface area contributed by atoms with Crippen molar-refractivity contribution in [1.29, 1.82) is 0 Å². The molecule has 3 aromatic rings. The summed E-state index contributed by atoms with van der Waals surface area (Å²) in [4.78, 5) is 24.5. The number of nitrogens with zero attached hydrogens (tertiary/aromatic N) is 2. The zero-order valence-corrected chi connectivity index (χ0v) is 15.5. The van der Waals surface area contributed by atoms with Gasteiger partial charge in [0.05, 0.1) is 22.3 Å². The van der Waals surface area contributed by atoms with Gasteiger partial charge in [0.25, 0.3) is 0 Å². The molecule has 4 nitrogen and oxygen atoms in total. The van der Waals surface area contributed by atoms with E-state index in [4.69, 9.17) is 34.8 Å². The van der Waals surface area contributed by atoms with Crippen LogP contribution in [0.25, 0.3) is 5.69 Å². The van der Waals surface area contributed by atoms with Gasteiger partial charge in [0.2, 0.25) is 0 Å². The summed E-state index contributed by atoms with van der Waals surface area (Å²) in [7, 11) is 0. The third-order valence-corrected chi connectivity index (χ3v) is 5.58. The summed E-state index contributed by atoms with van der Waals surface area (Å²) in [5.74, 6) is 0. The summed E-state index contributed by atoms with van der Waals surface area (Å²) in [5, 5.41) is 1.41. The van der Waals surface area contributed by atoms with Gasteiger partial charge >= 0.3 is 10.6 Å². The van der Waals surface area contributed by atoms with Crippen LogP contribution in [0.5, 0.6) is 0 Å². The molecule has 0 atom stereocenters. The number of rotatable bonds is 3. The van der Waals surface area contributed by atoms with Crippen LogP contribution in [0.4, 0.5) is 0 Å². The molecule has 0 unspecified atom stereocenters. The lowest BCUT2D eigenvalue weighted by atomic mass is 10.2. The molecule has 0 bridgehead atoms. The zero-order chi connectivity index (χ0) is 17.4. The van der Waals surface area contributed by atoms with Crippen LogP contribution < -0.4 is 10.6 Å². The third kappa shape index (κ3) is 3.30. The third-order valence-electron chi connectivity index (χ3n) is 3.50. The van der Waals surface area contributed by atoms with Gasteiger partial charge in [-0.15, -0.1) is 0 Å². The monoisotopic (exact) mass is 400 g/mol. The maximum atomic E-state index is 12.6. The Hall–Kier alpha value is -1.53. The Labute approximate surface area is 156 Å². The number of halogens is 3. The van der Waals surface area contributed by atoms with E-state index < -0.39 is 5.69 Å². The van der Waals surface area contributed by atoms with Crippen LogP contribution in [0, 0.1) is 6.92 Å². The van der Waals surface area contributed by atoms with Crippen molar-refractivity contribution < 1.29 is 0 Å². The van der Waals surface area contributed by atoms with Crippen LogP contribution in [0.3, 0.4) is 0 Å². The predicted octanol–water partition coefficient (Wildman–Crippen LogP) is 4.38. The maximum Gasteiger partial charge on any atom is 0.346 e. The van der Waals surface area contributed by atoms with E-state index in [1.165, 1.54) is 3.96 Å². The van der Waals surface area contributed by atoms with Crippen LogP contribution in [0.15, 0.2) is 46.0 Å². The van der Waals surface area contributed by atoms with Crippen molar-refractivity contribution in [3.63, 3.8) is 0 Å². The van der Waals surface area contributed by atoms with Crippen LogP contribution in [0.2, 0.25) is 15.1 Å². The number of aryl methyl sites for hydroxylation is 1. The Kier molecular flexibility index (Phi) is 4.88. The number of aromatic nitrogens is 2. The van der Waals surface area contributed by atoms with Gasteiger partial charge in [-0.2, -0.15) is 0 Å². The Bertz CT molecular complexity index is 1040. The smallest absolute Gasteiger partial charge is 0.255 e. The molecule has 0 saturated carbocycles. The quantitative estimate of drug-likeness (QED) is 0.654. The van der Waals surface area contributed by atoms with Crippen LogP contribution in [-0.4, -0.2) is 8.52 Å². The number of hydrogen-bond donors (Lipinski definition) is 0. The van der Waals surface area contributed by atoms with E-state index in [1.54, 1.807) is 36.4 Å². The molecule has 2 aromatic carbocycles. The van der Waals surface area contributed by atoms with Crippen molar-refractivity contribution in [2.24, 2.45) is 0 Å². The molecule has 0 N–H and O–H groups in total. The zero-order valence-electron chi connectivity index (χ0n) is 12.4. The van der Waals surface area contributed by atoms with Gasteiger partial charge in [0, 0.05) is 16.6 Å². The molecule has 0 saturated heterocycles. The molecule has 124 valence electrons. The predicted molar refractivity (Wildman–Crippen MR) is 99.5 cm³/mol. The molecule has 0 amide bonds. The van der Waals surface area contributed by atoms with Gasteiger partial charge in [-0.3, -0.25) is 4.79 Å². The van der Waals surface area contributed by atoms with Gasteiger partial charge < -0.3 is 0 Å². The van der Waals surface area contributed by atoms with Crippen LogP contribution in [0.1, 0.15) is 11.1 Å². The van der Waals surface area contributed by atoms with Gasteiger partial charge in [-0.1, -0.05) is 40.9 Å². The molecule has 0 aliphatic carbocycles. The SMILES string of the molecule is Cc1cc(-n2sc(=O)n(Cc3ccc(Cl)c(Cl)c3)c2=O)ccc1Cl. The Morgan fingerprint density at radius 3 is 2.33 bits per heavy atom. The summed E-state index contributed by atoms with van der Waals surface area (Å²) in [5.41, 5.74) is 1.76. The Morgan fingerprint density at radius 1 is 0.958 bits per heavy atom. The second-order valence-electron chi connectivity index (χ2n) is 5.20. The fourth-order valence-corrected chi connectivity index (χ4v) is 3.46. The summed E-state index contributed by atoms with van der Waals surface area (Å²) >= 11 is 18.7. The average molecular weight is 402 g/mol. The standard InChI is InChI=1S/C16H11Cl3N2O2S/c1-9-6-11(3-5-12(9)17)21-15(22)20(16(23)24-21)8-10-2-4-13(18)14(19)7-10/h2-7H,8H2,1H3. The molecule has 0 fully saturated rings. The van der Waals surface area contributed by atoms with Crippen molar-refractivity contribution >= 4 is 46.3 Å². The van der Waals surface area contributed by atoms with E-state index in [0.717, 1.165) is 27.2 Å². The minimum atomic E-state index is -0.405. The second kappa shape index (κ2) is 6.76. The molecule has 8 heteroatoms. The highest BCUT2D eigenvalue weighted by Gasteiger charge is 2.13. The normalized spacial score (nSPS) is 11.0. The highest BCUT2D eigenvalue weighted by molar-refractivity contribution is 7.03. The van der Waals surface area contributed by atoms with E-state index in [9.17, 15) is 9.59 Å². The van der Waals surface area contributed by atoms with E-state index >= 15 is 0 Å². The van der Waals surface area contributed by atoms with Crippen molar-refractivity contribution in [2.75, 3.05) is 0 Å². The molecule has 1 heterocycles. The molecular weight excluding hydrogens is 391 g/mol. The van der Waals surface area contributed by atoms with Crippen molar-refractivity contribution in [3.8, 4) is 5.69 Å². The summed E-state index contributed by atoms with van der Waals surface area (Å²) in [6.07, 6.45) is 0. The lowest BCUT2D eigenvalue weighted by molar-refractivity contribution is 0.723. The van der Waals surface area contributed by atoms with Crippen LogP contribution >= 0.6 is 46.3 Å². The first-order valence-electron chi connectivity index (χ1n) is 6.90. The molecule has 1 aromatic heterocycles. The van der Waals surface area contributed by atoms with E-state index in [-0.39, 0.29) is 11.4 Å². The minimum absolute atomic E-state index is 0.130. The molecule has 0 aliphatic heterocycles. The second-order valence-corrected chi connectivity index (χ2v) is 7.32. The van der Waals surface area contributed by atoms with E-state index in [0.29, 0.717) is 20.8 Å². The van der Waals surface area contributed by atoms with Crippen molar-refractivity contribution in [2.45, 2.75) is 13.5 Å². The summed E-state index contributed by atoms with van der Waals surface area (Å²) in [6.45, 7) is 1.97. The fraction of sp³-hybridized carbons (Fsp3) is 0.125. The molecule has 3 rings (SSSR count). The highest BCUT2D eigenvalue weighted by Crippen LogP contribution is 2.23.